The number of carboxylic acids is 1. The molecule has 2 N–H and O–H groups in total. The van der Waals surface area contributed by atoms with Gasteiger partial charge < -0.3 is 9.94 Å². The van der Waals surface area contributed by atoms with Crippen LogP contribution < -0.4 is 5.48 Å². The maximum absolute atomic E-state index is 10.4. The molecule has 1 aliphatic rings. The van der Waals surface area contributed by atoms with Crippen molar-refractivity contribution in [1.82, 2.24) is 5.48 Å². The quantitative estimate of drug-likeness (QED) is 0.540. The summed E-state index contributed by atoms with van der Waals surface area (Å²) in [7, 11) is 0. The molecule has 4 nitrogen and oxygen atoms in total. The normalized spacial score (nSPS) is 29.5. The van der Waals surface area contributed by atoms with E-state index in [1.54, 1.807) is 0 Å². The molecule has 1 rings (SSSR count). The molecule has 0 saturated heterocycles. The van der Waals surface area contributed by atoms with E-state index in [4.69, 9.17) is 5.11 Å². The highest BCUT2D eigenvalue weighted by molar-refractivity contribution is 9.10. The summed E-state index contributed by atoms with van der Waals surface area (Å²) in [6.07, 6.45) is 2.21. The van der Waals surface area contributed by atoms with E-state index in [0.717, 1.165) is 0 Å². The second kappa shape index (κ2) is 2.83. The number of carbonyl (C=O) groups is 1. The SMILES string of the molecule is CCC1(Br)C=C(C(=O)O)ON1. The zero-order valence-electron chi connectivity index (χ0n) is 5.93. The lowest BCUT2D eigenvalue weighted by atomic mass is 10.2. The zero-order chi connectivity index (χ0) is 8.48. The van der Waals surface area contributed by atoms with E-state index in [1.165, 1.54) is 6.08 Å². The second-order valence-electron chi connectivity index (χ2n) is 2.23. The predicted octanol–water partition coefficient (Wildman–Crippen LogP) is 0.991. The standard InChI is InChI=1S/C6H8BrNO3/c1-2-6(7)3-4(5(9)10)11-8-6/h3,8H,2H2,1H3,(H,9,10). The highest BCUT2D eigenvalue weighted by Gasteiger charge is 2.32. The van der Waals surface area contributed by atoms with Crippen LogP contribution in [-0.2, 0) is 9.63 Å². The van der Waals surface area contributed by atoms with Gasteiger partial charge in [-0.05, 0) is 6.42 Å². The molecule has 0 radical (unpaired) electrons. The van der Waals surface area contributed by atoms with Gasteiger partial charge in [-0.15, -0.1) is 5.48 Å². The third-order valence-electron chi connectivity index (χ3n) is 1.42. The van der Waals surface area contributed by atoms with E-state index in [9.17, 15) is 4.79 Å². The first kappa shape index (κ1) is 8.55. The Kier molecular flexibility index (Phi) is 2.20. The van der Waals surface area contributed by atoms with Gasteiger partial charge in [0.15, 0.2) is 0 Å². The number of hydrogen-bond acceptors (Lipinski definition) is 3. The molecule has 0 aromatic carbocycles. The topological polar surface area (TPSA) is 58.6 Å². The van der Waals surface area contributed by atoms with Crippen molar-refractivity contribution in [2.75, 3.05) is 0 Å². The van der Waals surface area contributed by atoms with Crippen molar-refractivity contribution in [1.29, 1.82) is 0 Å². The minimum Gasteiger partial charge on any atom is -0.475 e. The van der Waals surface area contributed by atoms with Gasteiger partial charge in [-0.2, -0.15) is 0 Å². The molecule has 0 spiro atoms. The molecule has 0 bridgehead atoms. The van der Waals surface area contributed by atoms with Crippen molar-refractivity contribution in [2.45, 2.75) is 17.8 Å². The zero-order valence-corrected chi connectivity index (χ0v) is 7.51. The molecule has 0 fully saturated rings. The van der Waals surface area contributed by atoms with Crippen LogP contribution in [0.5, 0.6) is 0 Å². The Bertz CT molecular complexity index is 216. The van der Waals surface area contributed by atoms with Crippen molar-refractivity contribution in [2.24, 2.45) is 0 Å². The van der Waals surface area contributed by atoms with Gasteiger partial charge in [0.05, 0.1) is 0 Å². The molecular formula is C6H8BrNO3. The summed E-state index contributed by atoms with van der Waals surface area (Å²) < 4.78 is -0.513. The van der Waals surface area contributed by atoms with Crippen LogP contribution in [0.4, 0.5) is 0 Å². The van der Waals surface area contributed by atoms with Crippen molar-refractivity contribution in [3.05, 3.63) is 11.8 Å². The van der Waals surface area contributed by atoms with E-state index in [-0.39, 0.29) is 5.76 Å². The predicted molar refractivity (Wildman–Crippen MR) is 41.9 cm³/mol. The number of carboxylic acid groups (broad SMARTS) is 1. The van der Waals surface area contributed by atoms with E-state index >= 15 is 0 Å². The Hall–Kier alpha value is -0.550. The van der Waals surface area contributed by atoms with Crippen molar-refractivity contribution < 1.29 is 14.7 Å². The van der Waals surface area contributed by atoms with E-state index in [2.05, 4.69) is 26.2 Å². The molecule has 0 saturated carbocycles. The summed E-state index contributed by atoms with van der Waals surface area (Å²) in [4.78, 5) is 15.0. The first-order valence-electron chi connectivity index (χ1n) is 3.16. The van der Waals surface area contributed by atoms with Gasteiger partial charge in [0, 0.05) is 6.08 Å². The Morgan fingerprint density at radius 1 is 2.00 bits per heavy atom. The highest BCUT2D eigenvalue weighted by atomic mass is 79.9. The van der Waals surface area contributed by atoms with E-state index in [1.807, 2.05) is 6.92 Å². The van der Waals surface area contributed by atoms with Gasteiger partial charge in [0.25, 0.3) is 0 Å². The van der Waals surface area contributed by atoms with Gasteiger partial charge >= 0.3 is 5.97 Å². The molecule has 11 heavy (non-hydrogen) atoms. The third kappa shape index (κ3) is 1.72. The Morgan fingerprint density at radius 3 is 2.91 bits per heavy atom. The molecule has 0 aliphatic carbocycles. The van der Waals surface area contributed by atoms with E-state index < -0.39 is 10.4 Å². The summed E-state index contributed by atoms with van der Waals surface area (Å²) >= 11 is 3.28. The summed E-state index contributed by atoms with van der Waals surface area (Å²) in [5, 5.41) is 8.49. The fraction of sp³-hybridized carbons (Fsp3) is 0.500. The summed E-state index contributed by atoms with van der Waals surface area (Å²) in [6.45, 7) is 1.91. The lowest BCUT2D eigenvalue weighted by Gasteiger charge is -2.14. The van der Waals surface area contributed by atoms with Gasteiger partial charge in [0.2, 0.25) is 5.76 Å². The average Bonchev–Trinajstić information content (AvgIpc) is 2.33. The van der Waals surface area contributed by atoms with Crippen LogP contribution >= 0.6 is 15.9 Å². The van der Waals surface area contributed by atoms with Gasteiger partial charge in [-0.25, -0.2) is 4.79 Å². The second-order valence-corrected chi connectivity index (χ2v) is 3.65. The maximum Gasteiger partial charge on any atom is 0.373 e. The number of alkyl halides is 1. The molecule has 62 valence electrons. The first-order valence-corrected chi connectivity index (χ1v) is 3.96. The fourth-order valence-electron chi connectivity index (χ4n) is 0.686. The molecule has 1 unspecified atom stereocenters. The third-order valence-corrected chi connectivity index (χ3v) is 2.37. The molecule has 0 aromatic heterocycles. The Morgan fingerprint density at radius 2 is 2.64 bits per heavy atom. The number of aliphatic carboxylic acids is 1. The average molecular weight is 222 g/mol. The van der Waals surface area contributed by atoms with Crippen LogP contribution in [0.15, 0.2) is 11.8 Å². The minimum absolute atomic E-state index is 0.0660. The van der Waals surface area contributed by atoms with Crippen LogP contribution in [0.25, 0.3) is 0 Å². The summed E-state index contributed by atoms with van der Waals surface area (Å²) in [5.41, 5.74) is 2.56. The number of halogens is 1. The monoisotopic (exact) mass is 221 g/mol. The maximum atomic E-state index is 10.4. The number of rotatable bonds is 2. The largest absolute Gasteiger partial charge is 0.475 e. The molecule has 0 aromatic rings. The summed E-state index contributed by atoms with van der Waals surface area (Å²) in [6, 6.07) is 0. The molecular weight excluding hydrogens is 214 g/mol. The van der Waals surface area contributed by atoms with E-state index in [0.29, 0.717) is 6.42 Å². The van der Waals surface area contributed by atoms with Crippen LogP contribution in [-0.4, -0.2) is 15.5 Å². The van der Waals surface area contributed by atoms with Crippen LogP contribution in [0.2, 0.25) is 0 Å². The Balaban J connectivity index is 2.75. The molecule has 1 aliphatic heterocycles. The lowest BCUT2D eigenvalue weighted by Crippen LogP contribution is -2.30. The molecule has 5 heteroatoms. The van der Waals surface area contributed by atoms with Crippen molar-refractivity contribution >= 4 is 21.9 Å². The number of nitrogens with one attached hydrogen (secondary N) is 1. The van der Waals surface area contributed by atoms with Crippen LogP contribution in [0.1, 0.15) is 13.3 Å². The van der Waals surface area contributed by atoms with Crippen LogP contribution in [0.3, 0.4) is 0 Å². The lowest BCUT2D eigenvalue weighted by molar-refractivity contribution is -0.137. The number of hydrogen-bond donors (Lipinski definition) is 2. The van der Waals surface area contributed by atoms with Gasteiger partial charge in [-0.3, -0.25) is 0 Å². The molecule has 0 amide bonds. The van der Waals surface area contributed by atoms with Crippen molar-refractivity contribution in [3.8, 4) is 0 Å². The fourth-order valence-corrected chi connectivity index (χ4v) is 0.975. The highest BCUT2D eigenvalue weighted by Crippen LogP contribution is 2.27. The van der Waals surface area contributed by atoms with Crippen molar-refractivity contribution in [3.63, 3.8) is 0 Å². The molecule has 1 atom stereocenters. The van der Waals surface area contributed by atoms with Crippen LogP contribution in [0, 0.1) is 0 Å². The number of hydroxylamine groups is 1. The smallest absolute Gasteiger partial charge is 0.373 e. The minimum atomic E-state index is -1.06. The molecule has 1 heterocycles. The Labute approximate surface area is 72.3 Å². The van der Waals surface area contributed by atoms with Gasteiger partial charge in [-0.1, -0.05) is 22.9 Å². The summed E-state index contributed by atoms with van der Waals surface area (Å²) in [5.74, 6) is -1.13. The van der Waals surface area contributed by atoms with Gasteiger partial charge in [0.1, 0.15) is 4.45 Å². The first-order chi connectivity index (χ1) is 5.07.